The fourth-order valence-electron chi connectivity index (χ4n) is 4.20. The normalized spacial score (nSPS) is 19.3. The summed E-state index contributed by atoms with van der Waals surface area (Å²) in [6, 6.07) is 23.6. The summed E-state index contributed by atoms with van der Waals surface area (Å²) in [5.74, 6) is -0.583. The van der Waals surface area contributed by atoms with Gasteiger partial charge in [-0.3, -0.25) is 9.59 Å². The van der Waals surface area contributed by atoms with Crippen LogP contribution in [0.2, 0.25) is 5.02 Å². The zero-order valence-corrected chi connectivity index (χ0v) is 21.5. The lowest BCUT2D eigenvalue weighted by atomic mass is 9.98. The van der Waals surface area contributed by atoms with Crippen LogP contribution in [0.1, 0.15) is 41.1 Å². The van der Waals surface area contributed by atoms with Crippen LogP contribution in [0.4, 0.5) is 5.69 Å². The second-order valence-electron chi connectivity index (χ2n) is 8.94. The molecule has 2 amide bonds. The first-order valence-corrected chi connectivity index (χ1v) is 13.0. The summed E-state index contributed by atoms with van der Waals surface area (Å²) in [6.07, 6.45) is 0.709. The molecule has 5 rings (SSSR count). The van der Waals surface area contributed by atoms with Gasteiger partial charge in [-0.25, -0.2) is 5.01 Å². The van der Waals surface area contributed by atoms with Gasteiger partial charge in [0.25, 0.3) is 5.91 Å². The number of rotatable bonds is 5. The summed E-state index contributed by atoms with van der Waals surface area (Å²) < 4.78 is 0. The first-order chi connectivity index (χ1) is 17.4. The number of carbonyl (C=O) groups excluding carboxylic acids is 2. The highest BCUT2D eigenvalue weighted by Crippen LogP contribution is 2.38. The minimum atomic E-state index is -0.601. The number of halogens is 1. The Kier molecular flexibility index (Phi) is 6.94. The number of anilines is 1. The second-order valence-corrected chi connectivity index (χ2v) is 10.5. The van der Waals surface area contributed by atoms with Gasteiger partial charge in [0.15, 0.2) is 5.17 Å². The number of benzene rings is 3. The highest BCUT2D eigenvalue weighted by molar-refractivity contribution is 8.15. The maximum absolute atomic E-state index is 12.8. The fraction of sp³-hybridized carbons (Fsp3) is 0.214. The van der Waals surface area contributed by atoms with Gasteiger partial charge in [0.2, 0.25) is 5.91 Å². The Morgan fingerprint density at radius 1 is 1.08 bits per heavy atom. The van der Waals surface area contributed by atoms with E-state index in [1.165, 1.54) is 17.3 Å². The second kappa shape index (κ2) is 10.3. The predicted molar refractivity (Wildman–Crippen MR) is 147 cm³/mol. The first kappa shape index (κ1) is 24.3. The molecule has 2 heterocycles. The minimum absolute atomic E-state index is 0.0142. The van der Waals surface area contributed by atoms with E-state index in [0.717, 1.165) is 22.4 Å². The van der Waals surface area contributed by atoms with Crippen molar-refractivity contribution in [1.29, 1.82) is 0 Å². The van der Waals surface area contributed by atoms with Gasteiger partial charge in [-0.2, -0.15) is 10.1 Å². The predicted octanol–water partition coefficient (Wildman–Crippen LogP) is 6.13. The van der Waals surface area contributed by atoms with Crippen molar-refractivity contribution in [2.45, 2.75) is 38.0 Å². The third-order valence-corrected chi connectivity index (χ3v) is 7.78. The number of hydrogen-bond acceptors (Lipinski definition) is 5. The number of hydrazone groups is 1. The van der Waals surface area contributed by atoms with Crippen molar-refractivity contribution in [2.75, 3.05) is 5.32 Å². The largest absolute Gasteiger partial charge is 0.326 e. The maximum atomic E-state index is 12.8. The van der Waals surface area contributed by atoms with E-state index in [9.17, 15) is 9.59 Å². The summed E-state index contributed by atoms with van der Waals surface area (Å²) in [7, 11) is 0. The Morgan fingerprint density at radius 3 is 2.56 bits per heavy atom. The van der Waals surface area contributed by atoms with Gasteiger partial charge in [-0.05, 0) is 42.7 Å². The molecule has 2 aliphatic heterocycles. The van der Waals surface area contributed by atoms with Gasteiger partial charge in [0, 0.05) is 23.6 Å². The van der Waals surface area contributed by atoms with Crippen LogP contribution in [-0.4, -0.2) is 33.0 Å². The first-order valence-electron chi connectivity index (χ1n) is 11.7. The molecule has 2 atom stereocenters. The molecule has 8 heteroatoms. The van der Waals surface area contributed by atoms with Crippen LogP contribution in [0.3, 0.4) is 0 Å². The van der Waals surface area contributed by atoms with E-state index in [1.807, 2.05) is 48.3 Å². The SMILES string of the molecule is Cc1ccc([C@@H]2CC(c3ccccc3)=NN2C2=NC(=O)[C@H](CC(=O)Nc3ccc(C)c(Cl)c3)S2)cc1. The lowest BCUT2D eigenvalue weighted by molar-refractivity contribution is -0.121. The van der Waals surface area contributed by atoms with Gasteiger partial charge in [-0.1, -0.05) is 89.6 Å². The Labute approximate surface area is 219 Å². The summed E-state index contributed by atoms with van der Waals surface area (Å²) in [4.78, 5) is 29.8. The molecule has 0 radical (unpaired) electrons. The molecule has 182 valence electrons. The molecule has 1 N–H and O–H groups in total. The van der Waals surface area contributed by atoms with Crippen molar-refractivity contribution in [2.24, 2.45) is 10.1 Å². The Hall–Kier alpha value is -3.42. The van der Waals surface area contributed by atoms with E-state index >= 15 is 0 Å². The number of thioether (sulfide) groups is 1. The lowest BCUT2D eigenvalue weighted by Gasteiger charge is -2.23. The number of aliphatic imine (C=N–C) groups is 1. The summed E-state index contributed by atoms with van der Waals surface area (Å²) >= 11 is 7.46. The van der Waals surface area contributed by atoms with E-state index in [-0.39, 0.29) is 24.3 Å². The average Bonchev–Trinajstić information content (AvgIpc) is 3.46. The van der Waals surface area contributed by atoms with Gasteiger partial charge in [0.05, 0.1) is 11.8 Å². The lowest BCUT2D eigenvalue weighted by Crippen LogP contribution is -2.25. The average molecular weight is 517 g/mol. The molecule has 0 aliphatic carbocycles. The van der Waals surface area contributed by atoms with Crippen LogP contribution in [-0.2, 0) is 9.59 Å². The van der Waals surface area contributed by atoms with Crippen LogP contribution < -0.4 is 5.32 Å². The Balaban J connectivity index is 1.33. The standard InChI is InChI=1S/C28H25ClN4O2S/c1-17-8-11-20(12-9-17)24-15-23(19-6-4-3-5-7-19)32-33(24)28-31-27(35)25(36-28)16-26(34)30-21-13-10-18(2)22(29)14-21/h3-14,24-25H,15-16H2,1-2H3,(H,30,34)/t24-,25-/m0/s1. The van der Waals surface area contributed by atoms with Gasteiger partial charge in [0.1, 0.15) is 5.25 Å². The van der Waals surface area contributed by atoms with Gasteiger partial charge in [-0.15, -0.1) is 0 Å². The summed E-state index contributed by atoms with van der Waals surface area (Å²) in [6.45, 7) is 3.95. The molecule has 0 saturated heterocycles. The quantitative estimate of drug-likeness (QED) is 0.442. The van der Waals surface area contributed by atoms with E-state index in [0.29, 0.717) is 22.3 Å². The summed E-state index contributed by atoms with van der Waals surface area (Å²) in [5.41, 5.74) is 5.79. The van der Waals surface area contributed by atoms with Crippen molar-refractivity contribution in [3.05, 3.63) is 100 Å². The van der Waals surface area contributed by atoms with Crippen LogP contribution >= 0.6 is 23.4 Å². The van der Waals surface area contributed by atoms with Crippen LogP contribution in [0.15, 0.2) is 82.9 Å². The molecule has 0 aromatic heterocycles. The third kappa shape index (κ3) is 5.22. The topological polar surface area (TPSA) is 74.1 Å². The minimum Gasteiger partial charge on any atom is -0.326 e. The monoisotopic (exact) mass is 516 g/mol. The molecule has 0 fully saturated rings. The molecule has 6 nitrogen and oxygen atoms in total. The molecular formula is C28H25ClN4O2S. The van der Waals surface area contributed by atoms with Crippen molar-refractivity contribution in [1.82, 2.24) is 5.01 Å². The van der Waals surface area contributed by atoms with E-state index in [4.69, 9.17) is 16.7 Å². The Bertz CT molecular complexity index is 1370. The number of nitrogens with zero attached hydrogens (tertiary/aromatic N) is 3. The van der Waals surface area contributed by atoms with Crippen LogP contribution in [0.5, 0.6) is 0 Å². The molecule has 3 aromatic rings. The van der Waals surface area contributed by atoms with Gasteiger partial charge >= 0.3 is 0 Å². The number of aryl methyl sites for hydroxylation is 2. The van der Waals surface area contributed by atoms with Crippen molar-refractivity contribution < 1.29 is 9.59 Å². The smallest absolute Gasteiger partial charge is 0.262 e. The fourth-order valence-corrected chi connectivity index (χ4v) is 5.44. The molecule has 0 spiro atoms. The zero-order chi connectivity index (χ0) is 25.2. The molecular weight excluding hydrogens is 492 g/mol. The highest BCUT2D eigenvalue weighted by Gasteiger charge is 2.39. The van der Waals surface area contributed by atoms with Crippen molar-refractivity contribution in [3.8, 4) is 0 Å². The van der Waals surface area contributed by atoms with Crippen molar-refractivity contribution >= 4 is 51.7 Å². The van der Waals surface area contributed by atoms with Gasteiger partial charge < -0.3 is 5.32 Å². The molecule has 0 saturated carbocycles. The number of nitrogens with one attached hydrogen (secondary N) is 1. The highest BCUT2D eigenvalue weighted by atomic mass is 35.5. The van der Waals surface area contributed by atoms with E-state index in [1.54, 1.807) is 12.1 Å². The molecule has 0 unspecified atom stereocenters. The number of amidine groups is 1. The van der Waals surface area contributed by atoms with Crippen LogP contribution in [0, 0.1) is 13.8 Å². The number of hydrogen-bond donors (Lipinski definition) is 1. The molecule has 2 aliphatic rings. The third-order valence-electron chi connectivity index (χ3n) is 6.23. The van der Waals surface area contributed by atoms with E-state index < -0.39 is 5.25 Å². The number of amides is 2. The molecule has 0 bridgehead atoms. The molecule has 3 aromatic carbocycles. The van der Waals surface area contributed by atoms with Crippen LogP contribution in [0.25, 0.3) is 0 Å². The van der Waals surface area contributed by atoms with E-state index in [2.05, 4.69) is 41.5 Å². The maximum Gasteiger partial charge on any atom is 0.262 e. The molecule has 36 heavy (non-hydrogen) atoms. The zero-order valence-electron chi connectivity index (χ0n) is 19.9. The number of carbonyl (C=O) groups is 2. The van der Waals surface area contributed by atoms with Crippen molar-refractivity contribution in [3.63, 3.8) is 0 Å². The Morgan fingerprint density at radius 2 is 1.83 bits per heavy atom. The summed E-state index contributed by atoms with van der Waals surface area (Å²) in [5, 5.41) is 10.1.